The number of halogens is 1. The summed E-state index contributed by atoms with van der Waals surface area (Å²) in [4.78, 5) is 0. The summed E-state index contributed by atoms with van der Waals surface area (Å²) in [5.41, 5.74) is 0. The summed E-state index contributed by atoms with van der Waals surface area (Å²) in [6.07, 6.45) is 1.90. The molecular weight excluding hydrogens is 153 g/mol. The second kappa shape index (κ2) is 5.08. The van der Waals surface area contributed by atoms with Gasteiger partial charge in [-0.2, -0.15) is 0 Å². The van der Waals surface area contributed by atoms with Crippen molar-refractivity contribution in [2.75, 3.05) is 13.3 Å². The first-order chi connectivity index (χ1) is 3.27. The molecule has 0 aromatic carbocycles. The summed E-state index contributed by atoms with van der Waals surface area (Å²) in [6, 6.07) is 0. The molecule has 0 saturated heterocycles. The second-order valence-electron chi connectivity index (χ2n) is 0.730. The maximum Gasteiger partial charge on any atom is 0.0345 e. The summed E-state index contributed by atoms with van der Waals surface area (Å²) in [5, 5.41) is 0. The summed E-state index contributed by atoms with van der Waals surface area (Å²) < 4.78 is 12.2. The molecule has 0 radical (unpaired) electrons. The first-order valence-corrected chi connectivity index (χ1v) is 5.39. The van der Waals surface area contributed by atoms with Crippen LogP contribution in [0.4, 0.5) is 4.48 Å². The van der Waals surface area contributed by atoms with E-state index in [9.17, 15) is 4.48 Å². The van der Waals surface area contributed by atoms with Crippen molar-refractivity contribution in [3.8, 4) is 0 Å². The number of hydrogen-bond donors (Lipinski definition) is 0. The van der Waals surface area contributed by atoms with Crippen molar-refractivity contribution in [2.24, 2.45) is 0 Å². The first-order valence-electron chi connectivity index (χ1n) is 1.54. The predicted octanol–water partition coefficient (Wildman–Crippen LogP) is 2.38. The van der Waals surface area contributed by atoms with Gasteiger partial charge < -0.3 is 0 Å². The molecule has 0 aliphatic heterocycles. The fourth-order valence-electron chi connectivity index (χ4n) is 0.0724. The Bertz CT molecular complexity index is 41.9. The van der Waals surface area contributed by atoms with E-state index in [1.807, 2.05) is 6.26 Å². The van der Waals surface area contributed by atoms with Crippen LogP contribution in [0.5, 0.6) is 0 Å². The topological polar surface area (TPSA) is 3.24 Å². The Labute approximate surface area is 54.3 Å². The normalized spacial score (nSPS) is 10.3. The number of rotatable bonds is 3. The summed E-state index contributed by atoms with van der Waals surface area (Å²) >= 11 is 0. The van der Waals surface area contributed by atoms with E-state index in [1.165, 1.54) is 27.7 Å². The van der Waals surface area contributed by atoms with Crippen LogP contribution in [0.2, 0.25) is 0 Å². The maximum absolute atomic E-state index is 11.7. The molecule has 0 aromatic heterocycles. The highest BCUT2D eigenvalue weighted by Gasteiger charge is 1.90. The van der Waals surface area contributed by atoms with Gasteiger partial charge >= 0.3 is 0 Å². The maximum atomic E-state index is 11.7. The molecule has 5 heteroatoms. The van der Waals surface area contributed by atoms with E-state index in [2.05, 4.69) is 0 Å². The van der Waals surface area contributed by atoms with E-state index in [4.69, 9.17) is 0 Å². The van der Waals surface area contributed by atoms with Crippen molar-refractivity contribution in [3.05, 3.63) is 0 Å². The van der Waals surface area contributed by atoms with Gasteiger partial charge in [0.1, 0.15) is 0 Å². The Hall–Kier alpha value is 0.940. The van der Waals surface area contributed by atoms with Crippen LogP contribution in [0.3, 0.4) is 0 Å². The van der Waals surface area contributed by atoms with E-state index in [0.29, 0.717) is 4.53 Å². The molecule has 0 aromatic rings. The summed E-state index contributed by atoms with van der Waals surface area (Å²) in [5.74, 6) is 0. The molecule has 0 spiro atoms. The van der Waals surface area contributed by atoms with E-state index >= 15 is 0 Å². The number of hydrogen-bond acceptors (Lipinski definition) is 4. The Morgan fingerprint density at radius 3 is 2.29 bits per heavy atom. The number of nitrogens with zero attached hydrogens (tertiary/aromatic N) is 1. The van der Waals surface area contributed by atoms with E-state index in [1.54, 1.807) is 0 Å². The molecule has 0 bridgehead atoms. The molecule has 0 heterocycles. The van der Waals surface area contributed by atoms with Gasteiger partial charge in [-0.15, -0.1) is 4.48 Å². The molecule has 0 amide bonds. The van der Waals surface area contributed by atoms with E-state index < -0.39 is 0 Å². The Kier molecular flexibility index (Phi) is 5.77. The van der Waals surface area contributed by atoms with Crippen molar-refractivity contribution >= 4 is 31.6 Å². The van der Waals surface area contributed by atoms with Gasteiger partial charge in [-0.25, -0.2) is 0 Å². The third-order valence-corrected chi connectivity index (χ3v) is 3.58. The van der Waals surface area contributed by atoms with Gasteiger partial charge in [0.2, 0.25) is 0 Å². The zero-order chi connectivity index (χ0) is 5.70. The molecule has 7 heavy (non-hydrogen) atoms. The second-order valence-corrected chi connectivity index (χ2v) is 4.93. The molecule has 1 nitrogen and oxygen atoms in total. The highest BCUT2D eigenvalue weighted by molar-refractivity contribution is 9.08. The molecule has 0 atom stereocenters. The van der Waals surface area contributed by atoms with Crippen molar-refractivity contribution < 1.29 is 4.48 Å². The SMILES string of the molecule is CSSSN(C)F. The Morgan fingerprint density at radius 1 is 1.57 bits per heavy atom. The third kappa shape index (κ3) is 6.94. The summed E-state index contributed by atoms with van der Waals surface area (Å²) in [6.45, 7) is 0. The fraction of sp³-hybridized carbons (Fsp3) is 1.00. The monoisotopic (exact) mass is 159 g/mol. The van der Waals surface area contributed by atoms with E-state index in [-0.39, 0.29) is 0 Å². The van der Waals surface area contributed by atoms with Crippen molar-refractivity contribution in [1.29, 1.82) is 0 Å². The molecule has 0 N–H and O–H groups in total. The van der Waals surface area contributed by atoms with Crippen LogP contribution in [0.1, 0.15) is 0 Å². The molecule has 0 unspecified atom stereocenters. The van der Waals surface area contributed by atoms with Crippen molar-refractivity contribution in [3.63, 3.8) is 0 Å². The van der Waals surface area contributed by atoms with Crippen LogP contribution in [0.15, 0.2) is 0 Å². The lowest BCUT2D eigenvalue weighted by Gasteiger charge is -1.96. The van der Waals surface area contributed by atoms with E-state index in [0.717, 1.165) is 11.0 Å². The molecule has 0 fully saturated rings. The van der Waals surface area contributed by atoms with Gasteiger partial charge in [0, 0.05) is 18.0 Å². The first kappa shape index (κ1) is 7.94. The Balaban J connectivity index is 2.68. The molecule has 44 valence electrons. The standard InChI is InChI=1S/C2H6FNS3/c1-4(3)6-7-5-2/h1-2H3. The van der Waals surface area contributed by atoms with Gasteiger partial charge in [-0.3, -0.25) is 0 Å². The molecule has 0 aliphatic carbocycles. The molecular formula is C2H6FNS3. The zero-order valence-electron chi connectivity index (χ0n) is 4.05. The average Bonchev–Trinajstić information content (AvgIpc) is 1.61. The predicted molar refractivity (Wildman–Crippen MR) is 37.6 cm³/mol. The van der Waals surface area contributed by atoms with Gasteiger partial charge in [-0.05, 0) is 16.1 Å². The minimum absolute atomic E-state index is 0.571. The fourth-order valence-corrected chi connectivity index (χ4v) is 1.95. The summed E-state index contributed by atoms with van der Waals surface area (Å²) in [7, 11) is 5.37. The minimum Gasteiger partial charge on any atom is -0.122 e. The van der Waals surface area contributed by atoms with Crippen LogP contribution in [0, 0.1) is 0 Å². The Morgan fingerprint density at radius 2 is 2.14 bits per heavy atom. The lowest BCUT2D eigenvalue weighted by atomic mass is 11.6. The zero-order valence-corrected chi connectivity index (χ0v) is 6.50. The largest absolute Gasteiger partial charge is 0.122 e. The quantitative estimate of drug-likeness (QED) is 0.353. The van der Waals surface area contributed by atoms with Gasteiger partial charge in [0.15, 0.2) is 0 Å². The van der Waals surface area contributed by atoms with Gasteiger partial charge in [0.05, 0.1) is 0 Å². The van der Waals surface area contributed by atoms with Crippen LogP contribution in [0.25, 0.3) is 0 Å². The molecule has 0 saturated carbocycles. The van der Waals surface area contributed by atoms with Crippen LogP contribution < -0.4 is 0 Å². The highest BCUT2D eigenvalue weighted by Crippen LogP contribution is 2.33. The lowest BCUT2D eigenvalue weighted by Crippen LogP contribution is -1.86. The van der Waals surface area contributed by atoms with Gasteiger partial charge in [-0.1, -0.05) is 15.3 Å². The van der Waals surface area contributed by atoms with Crippen LogP contribution in [-0.2, 0) is 0 Å². The van der Waals surface area contributed by atoms with Crippen LogP contribution in [-0.4, -0.2) is 17.8 Å². The van der Waals surface area contributed by atoms with Crippen molar-refractivity contribution in [2.45, 2.75) is 0 Å². The van der Waals surface area contributed by atoms with Gasteiger partial charge in [0.25, 0.3) is 0 Å². The highest BCUT2D eigenvalue weighted by atomic mass is 33.5. The smallest absolute Gasteiger partial charge is 0.0345 e. The average molecular weight is 159 g/mol. The van der Waals surface area contributed by atoms with Crippen molar-refractivity contribution in [1.82, 2.24) is 4.53 Å². The molecule has 0 rings (SSSR count). The third-order valence-electron chi connectivity index (χ3n) is 0.201. The minimum atomic E-state index is 0.571. The van der Waals surface area contributed by atoms with Crippen LogP contribution >= 0.6 is 31.6 Å². The lowest BCUT2D eigenvalue weighted by molar-refractivity contribution is 0.204. The molecule has 0 aliphatic rings.